The first kappa shape index (κ1) is 10.7. The molecule has 0 spiro atoms. The fraction of sp³-hybridized carbons (Fsp3) is 0.538. The number of ether oxygens (including phenoxy) is 1. The van der Waals surface area contributed by atoms with Gasteiger partial charge in [0.2, 0.25) is 0 Å². The number of methoxy groups -OCH3 is 1. The van der Waals surface area contributed by atoms with Gasteiger partial charge in [0.15, 0.2) is 0 Å². The molecule has 0 amide bonds. The summed E-state index contributed by atoms with van der Waals surface area (Å²) >= 11 is 0. The van der Waals surface area contributed by atoms with Crippen LogP contribution in [0.5, 0.6) is 0 Å². The summed E-state index contributed by atoms with van der Waals surface area (Å²) in [5, 5.41) is 3.15. The molecule has 0 fully saturated rings. The predicted molar refractivity (Wildman–Crippen MR) is 61.9 cm³/mol. The summed E-state index contributed by atoms with van der Waals surface area (Å²) in [6.07, 6.45) is 5.16. The third kappa shape index (κ3) is 2.21. The van der Waals surface area contributed by atoms with Crippen LogP contribution in [0.3, 0.4) is 0 Å². The highest BCUT2D eigenvalue weighted by atomic mass is 16.5. The van der Waals surface area contributed by atoms with Crippen LogP contribution in [0, 0.1) is 0 Å². The highest BCUT2D eigenvalue weighted by Crippen LogP contribution is 2.24. The van der Waals surface area contributed by atoms with E-state index in [4.69, 9.17) is 4.74 Å². The fourth-order valence-electron chi connectivity index (χ4n) is 2.34. The second-order valence-corrected chi connectivity index (χ2v) is 4.14. The van der Waals surface area contributed by atoms with E-state index in [1.54, 1.807) is 7.11 Å². The Balaban J connectivity index is 2.27. The van der Waals surface area contributed by atoms with Crippen LogP contribution in [0.4, 0.5) is 0 Å². The molecule has 0 saturated carbocycles. The largest absolute Gasteiger partial charge is 0.362 e. The van der Waals surface area contributed by atoms with Crippen molar-refractivity contribution in [1.82, 2.24) is 5.32 Å². The topological polar surface area (TPSA) is 21.3 Å². The second-order valence-electron chi connectivity index (χ2n) is 4.14. The van der Waals surface area contributed by atoms with Crippen molar-refractivity contribution >= 4 is 0 Å². The Kier molecular flexibility index (Phi) is 3.39. The summed E-state index contributed by atoms with van der Waals surface area (Å²) in [6, 6.07) is 6.72. The lowest BCUT2D eigenvalue weighted by Crippen LogP contribution is -2.18. The minimum Gasteiger partial charge on any atom is -0.362 e. The highest BCUT2D eigenvalue weighted by molar-refractivity contribution is 5.34. The normalized spacial score (nSPS) is 17.2. The van der Waals surface area contributed by atoms with Crippen molar-refractivity contribution in [3.05, 3.63) is 34.9 Å². The molecule has 2 rings (SSSR count). The minimum absolute atomic E-state index is 0.0252. The van der Waals surface area contributed by atoms with Crippen molar-refractivity contribution in [2.75, 3.05) is 14.2 Å². The zero-order chi connectivity index (χ0) is 10.7. The van der Waals surface area contributed by atoms with E-state index >= 15 is 0 Å². The first-order chi connectivity index (χ1) is 7.35. The van der Waals surface area contributed by atoms with Gasteiger partial charge in [-0.25, -0.2) is 0 Å². The summed E-state index contributed by atoms with van der Waals surface area (Å²) in [4.78, 5) is 0. The monoisotopic (exact) mass is 205 g/mol. The molecule has 0 bridgehead atoms. The van der Waals surface area contributed by atoms with Crippen LogP contribution in [0.2, 0.25) is 0 Å². The van der Waals surface area contributed by atoms with E-state index in [9.17, 15) is 0 Å². The SMILES string of the molecule is CNC(OC)c1ccc2c(c1)CCCC2. The van der Waals surface area contributed by atoms with Crippen LogP contribution in [0.25, 0.3) is 0 Å². The zero-order valence-electron chi connectivity index (χ0n) is 9.55. The molecular weight excluding hydrogens is 186 g/mol. The Morgan fingerprint density at radius 1 is 1.20 bits per heavy atom. The third-order valence-corrected chi connectivity index (χ3v) is 3.17. The Labute approximate surface area is 91.6 Å². The maximum atomic E-state index is 5.37. The van der Waals surface area contributed by atoms with Crippen LogP contribution in [0.15, 0.2) is 18.2 Å². The van der Waals surface area contributed by atoms with Crippen molar-refractivity contribution in [2.24, 2.45) is 0 Å². The number of benzene rings is 1. The van der Waals surface area contributed by atoms with Gasteiger partial charge < -0.3 is 4.74 Å². The van der Waals surface area contributed by atoms with Crippen LogP contribution in [0.1, 0.15) is 35.8 Å². The molecule has 1 aliphatic carbocycles. The van der Waals surface area contributed by atoms with E-state index in [-0.39, 0.29) is 6.23 Å². The van der Waals surface area contributed by atoms with Gasteiger partial charge >= 0.3 is 0 Å². The molecule has 0 aliphatic heterocycles. The number of hydrogen-bond donors (Lipinski definition) is 1. The molecule has 1 aliphatic rings. The van der Waals surface area contributed by atoms with Gasteiger partial charge in [-0.05, 0) is 49.4 Å². The van der Waals surface area contributed by atoms with E-state index < -0.39 is 0 Å². The Morgan fingerprint density at radius 2 is 1.93 bits per heavy atom. The lowest BCUT2D eigenvalue weighted by Gasteiger charge is -2.20. The van der Waals surface area contributed by atoms with Gasteiger partial charge in [0.1, 0.15) is 6.23 Å². The van der Waals surface area contributed by atoms with Gasteiger partial charge in [-0.15, -0.1) is 0 Å². The molecule has 0 heterocycles. The number of nitrogens with one attached hydrogen (secondary N) is 1. The molecule has 1 unspecified atom stereocenters. The molecule has 2 nitrogen and oxygen atoms in total. The molecule has 0 saturated heterocycles. The number of rotatable bonds is 3. The Bertz CT molecular complexity index is 331. The van der Waals surface area contributed by atoms with Crippen molar-refractivity contribution < 1.29 is 4.74 Å². The number of hydrogen-bond acceptors (Lipinski definition) is 2. The van der Waals surface area contributed by atoms with Crippen molar-refractivity contribution in [2.45, 2.75) is 31.9 Å². The molecule has 15 heavy (non-hydrogen) atoms. The number of fused-ring (bicyclic) bond motifs is 1. The van der Waals surface area contributed by atoms with Gasteiger partial charge in [-0.3, -0.25) is 5.32 Å². The predicted octanol–water partition coefficient (Wildman–Crippen LogP) is 2.43. The molecule has 1 aromatic carbocycles. The van der Waals surface area contributed by atoms with E-state index in [0.717, 1.165) is 0 Å². The van der Waals surface area contributed by atoms with Crippen LogP contribution in [-0.4, -0.2) is 14.2 Å². The summed E-state index contributed by atoms with van der Waals surface area (Å²) in [6.45, 7) is 0. The standard InChI is InChI=1S/C13H19NO/c1-14-13(15-2)12-8-7-10-5-3-4-6-11(10)9-12/h7-9,13-14H,3-6H2,1-2H3. The molecule has 2 heteroatoms. The van der Waals surface area contributed by atoms with E-state index in [1.807, 2.05) is 7.05 Å². The van der Waals surface area contributed by atoms with Crippen molar-refractivity contribution in [3.8, 4) is 0 Å². The second kappa shape index (κ2) is 4.77. The maximum Gasteiger partial charge on any atom is 0.133 e. The van der Waals surface area contributed by atoms with Crippen molar-refractivity contribution in [3.63, 3.8) is 0 Å². The lowest BCUT2D eigenvalue weighted by molar-refractivity contribution is 0.0808. The van der Waals surface area contributed by atoms with Crippen LogP contribution >= 0.6 is 0 Å². The molecule has 0 aromatic heterocycles. The van der Waals surface area contributed by atoms with E-state index in [2.05, 4.69) is 23.5 Å². The summed E-state index contributed by atoms with van der Waals surface area (Å²) in [5.74, 6) is 0. The molecule has 1 N–H and O–H groups in total. The zero-order valence-corrected chi connectivity index (χ0v) is 9.55. The van der Waals surface area contributed by atoms with Crippen molar-refractivity contribution in [1.29, 1.82) is 0 Å². The molecule has 0 radical (unpaired) electrons. The Morgan fingerprint density at radius 3 is 2.60 bits per heavy atom. The molecule has 1 atom stereocenters. The van der Waals surface area contributed by atoms with Gasteiger partial charge in [0.05, 0.1) is 0 Å². The lowest BCUT2D eigenvalue weighted by atomic mass is 9.90. The average molecular weight is 205 g/mol. The first-order valence-corrected chi connectivity index (χ1v) is 5.67. The smallest absolute Gasteiger partial charge is 0.133 e. The van der Waals surface area contributed by atoms with Gasteiger partial charge in [0, 0.05) is 7.11 Å². The fourth-order valence-corrected chi connectivity index (χ4v) is 2.34. The molecule has 82 valence electrons. The molecule has 1 aromatic rings. The van der Waals surface area contributed by atoms with Crippen LogP contribution in [-0.2, 0) is 17.6 Å². The van der Waals surface area contributed by atoms with E-state index in [1.165, 1.54) is 42.4 Å². The average Bonchev–Trinajstić information content (AvgIpc) is 2.30. The maximum absolute atomic E-state index is 5.37. The first-order valence-electron chi connectivity index (χ1n) is 5.67. The third-order valence-electron chi connectivity index (χ3n) is 3.17. The Hall–Kier alpha value is -0.860. The number of aryl methyl sites for hydroxylation is 2. The van der Waals surface area contributed by atoms with Crippen LogP contribution < -0.4 is 5.32 Å². The quantitative estimate of drug-likeness (QED) is 0.765. The van der Waals surface area contributed by atoms with Gasteiger partial charge in [-0.1, -0.05) is 18.2 Å². The van der Waals surface area contributed by atoms with Gasteiger partial charge in [-0.2, -0.15) is 0 Å². The van der Waals surface area contributed by atoms with E-state index in [0.29, 0.717) is 0 Å². The summed E-state index contributed by atoms with van der Waals surface area (Å²) < 4.78 is 5.37. The highest BCUT2D eigenvalue weighted by Gasteiger charge is 2.13. The summed E-state index contributed by atoms with van der Waals surface area (Å²) in [7, 11) is 3.66. The van der Waals surface area contributed by atoms with Gasteiger partial charge in [0.25, 0.3) is 0 Å². The minimum atomic E-state index is 0.0252. The molecular formula is C13H19NO. The summed E-state index contributed by atoms with van der Waals surface area (Å²) in [5.41, 5.74) is 4.27.